The molecule has 2 aromatic rings. The molecule has 6 nitrogen and oxygen atoms in total. The standard InChI is InChI=1S/C23H32N4O2/c1-14-10-15(2)12-20(11-14)23(29)27-9-7-8-19(13-27)22(28)24-16(3)21-17(4)25-26(6)18(21)5/h10-12,16,19H,7-9,13H2,1-6H3,(H,24,28). The maximum atomic E-state index is 13.0. The van der Waals surface area contributed by atoms with Crippen LogP contribution in [0.15, 0.2) is 18.2 Å². The van der Waals surface area contributed by atoms with E-state index in [9.17, 15) is 9.59 Å². The lowest BCUT2D eigenvalue weighted by molar-refractivity contribution is -0.127. The van der Waals surface area contributed by atoms with E-state index in [0.717, 1.165) is 40.9 Å². The third-order valence-electron chi connectivity index (χ3n) is 5.90. The van der Waals surface area contributed by atoms with Gasteiger partial charge in [-0.1, -0.05) is 17.2 Å². The molecule has 156 valence electrons. The molecule has 1 aromatic heterocycles. The number of aromatic nitrogens is 2. The monoisotopic (exact) mass is 396 g/mol. The number of benzene rings is 1. The fourth-order valence-electron chi connectivity index (χ4n) is 4.48. The molecular formula is C23H32N4O2. The molecule has 0 aliphatic carbocycles. The maximum Gasteiger partial charge on any atom is 0.253 e. The summed E-state index contributed by atoms with van der Waals surface area (Å²) < 4.78 is 1.85. The van der Waals surface area contributed by atoms with Crippen LogP contribution >= 0.6 is 0 Å². The van der Waals surface area contributed by atoms with Gasteiger partial charge < -0.3 is 10.2 Å². The molecule has 1 fully saturated rings. The quantitative estimate of drug-likeness (QED) is 0.861. The molecule has 0 spiro atoms. The molecule has 0 saturated carbocycles. The molecule has 3 rings (SSSR count). The van der Waals surface area contributed by atoms with E-state index in [1.54, 1.807) is 0 Å². The third kappa shape index (κ3) is 4.52. The predicted octanol–water partition coefficient (Wildman–Crippen LogP) is 3.38. The summed E-state index contributed by atoms with van der Waals surface area (Å²) >= 11 is 0. The Balaban J connectivity index is 1.68. The number of carbonyl (C=O) groups excluding carboxylic acids is 2. The molecule has 0 radical (unpaired) electrons. The molecule has 1 aliphatic rings. The van der Waals surface area contributed by atoms with Gasteiger partial charge in [-0.25, -0.2) is 0 Å². The minimum Gasteiger partial charge on any atom is -0.349 e. The van der Waals surface area contributed by atoms with E-state index >= 15 is 0 Å². The molecule has 2 heterocycles. The number of piperidine rings is 1. The first-order valence-electron chi connectivity index (χ1n) is 10.4. The Morgan fingerprint density at radius 1 is 1.14 bits per heavy atom. The van der Waals surface area contributed by atoms with Crippen LogP contribution in [-0.4, -0.2) is 39.6 Å². The fourth-order valence-corrected chi connectivity index (χ4v) is 4.48. The molecule has 0 bridgehead atoms. The van der Waals surface area contributed by atoms with Gasteiger partial charge in [0.15, 0.2) is 0 Å². The Hall–Kier alpha value is -2.63. The Bertz CT molecular complexity index is 911. The number of likely N-dealkylation sites (tertiary alicyclic amines) is 1. The first-order valence-corrected chi connectivity index (χ1v) is 10.4. The van der Waals surface area contributed by atoms with Gasteiger partial charge in [-0.2, -0.15) is 5.10 Å². The summed E-state index contributed by atoms with van der Waals surface area (Å²) in [6.45, 7) is 11.1. The highest BCUT2D eigenvalue weighted by atomic mass is 16.2. The van der Waals surface area contributed by atoms with Crippen LogP contribution in [0, 0.1) is 33.6 Å². The lowest BCUT2D eigenvalue weighted by atomic mass is 9.95. The number of nitrogens with one attached hydrogen (secondary N) is 1. The van der Waals surface area contributed by atoms with Gasteiger partial charge in [0.2, 0.25) is 5.91 Å². The SMILES string of the molecule is Cc1cc(C)cc(C(=O)N2CCCC(C(=O)NC(C)c3c(C)nn(C)c3C)C2)c1. The second-order valence-electron chi connectivity index (χ2n) is 8.41. The number of nitrogens with zero attached hydrogens (tertiary/aromatic N) is 3. The minimum absolute atomic E-state index is 0.0121. The summed E-state index contributed by atoms with van der Waals surface area (Å²) in [7, 11) is 1.91. The van der Waals surface area contributed by atoms with Crippen molar-refractivity contribution in [3.63, 3.8) is 0 Å². The van der Waals surface area contributed by atoms with Crippen molar-refractivity contribution in [3.8, 4) is 0 Å². The van der Waals surface area contributed by atoms with Crippen LogP contribution in [0.3, 0.4) is 0 Å². The highest BCUT2D eigenvalue weighted by Crippen LogP contribution is 2.24. The smallest absolute Gasteiger partial charge is 0.253 e. The molecule has 6 heteroatoms. The van der Waals surface area contributed by atoms with Crippen molar-refractivity contribution >= 4 is 11.8 Å². The fraction of sp³-hybridized carbons (Fsp3) is 0.522. The normalized spacial score (nSPS) is 17.9. The third-order valence-corrected chi connectivity index (χ3v) is 5.90. The highest BCUT2D eigenvalue weighted by Gasteiger charge is 2.30. The Morgan fingerprint density at radius 2 is 1.79 bits per heavy atom. The summed E-state index contributed by atoms with van der Waals surface area (Å²) in [6.07, 6.45) is 1.65. The Morgan fingerprint density at radius 3 is 2.38 bits per heavy atom. The average molecular weight is 397 g/mol. The Kier molecular flexibility index (Phi) is 6.10. The van der Waals surface area contributed by atoms with E-state index in [-0.39, 0.29) is 23.8 Å². The zero-order valence-corrected chi connectivity index (χ0v) is 18.4. The molecule has 1 aliphatic heterocycles. The molecule has 1 saturated heterocycles. The van der Waals surface area contributed by atoms with E-state index in [0.29, 0.717) is 18.7 Å². The number of rotatable bonds is 4. The van der Waals surface area contributed by atoms with Gasteiger partial charge in [0.25, 0.3) is 5.91 Å². The van der Waals surface area contributed by atoms with Crippen LogP contribution in [0.2, 0.25) is 0 Å². The zero-order chi connectivity index (χ0) is 21.3. The molecule has 2 amide bonds. The van der Waals surface area contributed by atoms with Gasteiger partial charge in [-0.05, 0) is 59.6 Å². The number of carbonyl (C=O) groups is 2. The zero-order valence-electron chi connectivity index (χ0n) is 18.4. The van der Waals surface area contributed by atoms with Crippen molar-refractivity contribution in [3.05, 3.63) is 51.8 Å². The van der Waals surface area contributed by atoms with Crippen molar-refractivity contribution in [2.75, 3.05) is 13.1 Å². The summed E-state index contributed by atoms with van der Waals surface area (Å²) in [6, 6.07) is 5.80. The van der Waals surface area contributed by atoms with Crippen LogP contribution < -0.4 is 5.32 Å². The predicted molar refractivity (Wildman–Crippen MR) is 114 cm³/mol. The number of hydrogen-bond donors (Lipinski definition) is 1. The van der Waals surface area contributed by atoms with Gasteiger partial charge in [0.05, 0.1) is 17.7 Å². The Labute approximate surface area is 173 Å². The van der Waals surface area contributed by atoms with Gasteiger partial charge in [0, 0.05) is 37.0 Å². The molecule has 1 aromatic carbocycles. The number of hydrogen-bond acceptors (Lipinski definition) is 3. The molecular weight excluding hydrogens is 364 g/mol. The van der Waals surface area contributed by atoms with Gasteiger partial charge in [-0.15, -0.1) is 0 Å². The molecule has 2 unspecified atom stereocenters. The minimum atomic E-state index is -0.182. The topological polar surface area (TPSA) is 67.2 Å². The summed E-state index contributed by atoms with van der Waals surface area (Å²) in [5.74, 6) is -0.155. The van der Waals surface area contributed by atoms with Crippen LogP contribution in [0.5, 0.6) is 0 Å². The van der Waals surface area contributed by atoms with E-state index in [1.807, 2.05) is 63.4 Å². The van der Waals surface area contributed by atoms with Crippen molar-refractivity contribution < 1.29 is 9.59 Å². The molecule has 1 N–H and O–H groups in total. The van der Waals surface area contributed by atoms with Crippen LogP contribution in [0.4, 0.5) is 0 Å². The van der Waals surface area contributed by atoms with Gasteiger partial charge in [0.1, 0.15) is 0 Å². The first kappa shape index (κ1) is 21.1. The molecule has 29 heavy (non-hydrogen) atoms. The summed E-state index contributed by atoms with van der Waals surface area (Å²) in [5.41, 5.74) is 5.93. The number of aryl methyl sites for hydroxylation is 4. The summed E-state index contributed by atoms with van der Waals surface area (Å²) in [5, 5.41) is 7.60. The summed E-state index contributed by atoms with van der Waals surface area (Å²) in [4.78, 5) is 27.8. The average Bonchev–Trinajstić information content (AvgIpc) is 2.92. The van der Waals surface area contributed by atoms with Crippen molar-refractivity contribution in [2.45, 2.75) is 53.5 Å². The van der Waals surface area contributed by atoms with Crippen LogP contribution in [0.1, 0.15) is 64.2 Å². The van der Waals surface area contributed by atoms with E-state index < -0.39 is 0 Å². The first-order chi connectivity index (χ1) is 13.7. The van der Waals surface area contributed by atoms with Crippen molar-refractivity contribution in [1.82, 2.24) is 20.0 Å². The van der Waals surface area contributed by atoms with E-state index in [1.165, 1.54) is 0 Å². The van der Waals surface area contributed by atoms with Gasteiger partial charge >= 0.3 is 0 Å². The highest BCUT2D eigenvalue weighted by molar-refractivity contribution is 5.95. The second kappa shape index (κ2) is 8.39. The van der Waals surface area contributed by atoms with E-state index in [2.05, 4.69) is 16.5 Å². The lowest BCUT2D eigenvalue weighted by Crippen LogP contribution is -2.46. The maximum absolute atomic E-state index is 13.0. The largest absolute Gasteiger partial charge is 0.349 e. The van der Waals surface area contributed by atoms with Crippen LogP contribution in [0.25, 0.3) is 0 Å². The number of amides is 2. The van der Waals surface area contributed by atoms with Crippen molar-refractivity contribution in [1.29, 1.82) is 0 Å². The van der Waals surface area contributed by atoms with Crippen LogP contribution in [-0.2, 0) is 11.8 Å². The lowest BCUT2D eigenvalue weighted by Gasteiger charge is -2.33. The molecule has 2 atom stereocenters. The van der Waals surface area contributed by atoms with Crippen molar-refractivity contribution in [2.24, 2.45) is 13.0 Å². The second-order valence-corrected chi connectivity index (χ2v) is 8.41. The van der Waals surface area contributed by atoms with Gasteiger partial charge in [-0.3, -0.25) is 14.3 Å². The van der Waals surface area contributed by atoms with E-state index in [4.69, 9.17) is 0 Å².